The maximum Gasteiger partial charge on any atom is 0.0986 e. The number of hydrogen-bond donors (Lipinski definition) is 2. The molecule has 16 heavy (non-hydrogen) atoms. The lowest BCUT2D eigenvalue weighted by Crippen LogP contribution is -2.62. The molecule has 2 rings (SSSR count). The molecule has 0 aromatic carbocycles. The fourth-order valence-corrected chi connectivity index (χ4v) is 2.56. The monoisotopic (exact) mass is 229 g/mol. The molecule has 2 saturated carbocycles. The molecule has 0 heterocycles. The van der Waals surface area contributed by atoms with E-state index in [9.17, 15) is 5.11 Å². The smallest absolute Gasteiger partial charge is 0.0986 e. The Hall–Kier alpha value is -0.160. The van der Waals surface area contributed by atoms with Crippen LogP contribution >= 0.6 is 0 Å². The summed E-state index contributed by atoms with van der Waals surface area (Å²) in [6.07, 6.45) is 4.37. The highest BCUT2D eigenvalue weighted by molar-refractivity contribution is 4.99. The molecular formula is C12H23NO3. The number of aliphatic hydroxyl groups is 1. The van der Waals surface area contributed by atoms with Crippen molar-refractivity contribution in [3.05, 3.63) is 0 Å². The van der Waals surface area contributed by atoms with Crippen LogP contribution in [0, 0.1) is 0 Å². The summed E-state index contributed by atoms with van der Waals surface area (Å²) in [6.45, 7) is 3.43. The fourth-order valence-electron chi connectivity index (χ4n) is 2.56. The van der Waals surface area contributed by atoms with Crippen molar-refractivity contribution in [1.82, 2.24) is 5.32 Å². The normalized spacial score (nSPS) is 36.6. The molecule has 2 aliphatic rings. The Bertz CT molecular complexity index is 230. The molecular weight excluding hydrogens is 206 g/mol. The summed E-state index contributed by atoms with van der Waals surface area (Å²) < 4.78 is 11.0. The topological polar surface area (TPSA) is 50.7 Å². The second-order valence-electron chi connectivity index (χ2n) is 5.00. The molecule has 0 radical (unpaired) electrons. The van der Waals surface area contributed by atoms with Gasteiger partial charge in [0.05, 0.1) is 17.8 Å². The Morgan fingerprint density at radius 2 is 2.19 bits per heavy atom. The predicted molar refractivity (Wildman–Crippen MR) is 61.4 cm³/mol. The molecule has 4 nitrogen and oxygen atoms in total. The summed E-state index contributed by atoms with van der Waals surface area (Å²) in [4.78, 5) is 0. The Labute approximate surface area is 97.3 Å². The summed E-state index contributed by atoms with van der Waals surface area (Å²) in [7, 11) is 1.72. The van der Waals surface area contributed by atoms with Gasteiger partial charge in [-0.2, -0.15) is 0 Å². The molecule has 0 aromatic heterocycles. The highest BCUT2D eigenvalue weighted by Gasteiger charge is 2.43. The van der Waals surface area contributed by atoms with Crippen molar-refractivity contribution in [3.63, 3.8) is 0 Å². The first-order valence-corrected chi connectivity index (χ1v) is 6.29. The van der Waals surface area contributed by atoms with Crippen LogP contribution in [0.1, 0.15) is 32.6 Å². The van der Waals surface area contributed by atoms with Crippen molar-refractivity contribution in [1.29, 1.82) is 0 Å². The number of nitrogens with one attached hydrogen (secondary N) is 1. The summed E-state index contributed by atoms with van der Waals surface area (Å²) >= 11 is 0. The molecule has 3 atom stereocenters. The predicted octanol–water partition coefficient (Wildman–Crippen LogP) is 0.683. The van der Waals surface area contributed by atoms with Crippen LogP contribution in [0.3, 0.4) is 0 Å². The van der Waals surface area contributed by atoms with Gasteiger partial charge < -0.3 is 19.9 Å². The summed E-state index contributed by atoms with van der Waals surface area (Å²) in [5.41, 5.74) is -0.449. The van der Waals surface area contributed by atoms with Crippen LogP contribution in [0.4, 0.5) is 0 Å². The number of methoxy groups -OCH3 is 1. The van der Waals surface area contributed by atoms with Gasteiger partial charge in [-0.05, 0) is 32.6 Å². The van der Waals surface area contributed by atoms with Crippen LogP contribution in [0.25, 0.3) is 0 Å². The quantitative estimate of drug-likeness (QED) is 0.703. The number of rotatable bonds is 6. The van der Waals surface area contributed by atoms with Gasteiger partial charge in [-0.25, -0.2) is 0 Å². The van der Waals surface area contributed by atoms with Gasteiger partial charge in [-0.15, -0.1) is 0 Å². The lowest BCUT2D eigenvalue weighted by molar-refractivity contribution is -0.136. The maximum absolute atomic E-state index is 9.97. The van der Waals surface area contributed by atoms with E-state index in [0.717, 1.165) is 32.3 Å². The second kappa shape index (κ2) is 5.00. The van der Waals surface area contributed by atoms with Gasteiger partial charge >= 0.3 is 0 Å². The van der Waals surface area contributed by atoms with Gasteiger partial charge in [0.1, 0.15) is 0 Å². The fraction of sp³-hybridized carbons (Fsp3) is 1.00. The molecule has 0 aliphatic heterocycles. The molecule has 2 aliphatic carbocycles. The lowest BCUT2D eigenvalue weighted by Gasteiger charge is -2.46. The van der Waals surface area contributed by atoms with Crippen molar-refractivity contribution in [2.45, 2.75) is 56.5 Å². The van der Waals surface area contributed by atoms with E-state index in [1.54, 1.807) is 7.11 Å². The van der Waals surface area contributed by atoms with Crippen molar-refractivity contribution in [2.75, 3.05) is 20.3 Å². The van der Waals surface area contributed by atoms with E-state index >= 15 is 0 Å². The van der Waals surface area contributed by atoms with Crippen molar-refractivity contribution < 1.29 is 14.6 Å². The summed E-state index contributed by atoms with van der Waals surface area (Å²) in [5.74, 6) is 0. The van der Waals surface area contributed by atoms with Crippen molar-refractivity contribution >= 4 is 0 Å². The SMILES string of the molecule is CCOC1CC(NCC2(O)CCC2)C1OC. The zero-order valence-electron chi connectivity index (χ0n) is 10.2. The zero-order valence-corrected chi connectivity index (χ0v) is 10.2. The van der Waals surface area contributed by atoms with E-state index in [0.29, 0.717) is 12.6 Å². The van der Waals surface area contributed by atoms with E-state index in [4.69, 9.17) is 9.47 Å². The minimum absolute atomic E-state index is 0.142. The molecule has 0 amide bonds. The Kier molecular flexibility index (Phi) is 3.85. The molecule has 2 fully saturated rings. The van der Waals surface area contributed by atoms with E-state index in [2.05, 4.69) is 5.32 Å². The highest BCUT2D eigenvalue weighted by Crippen LogP contribution is 2.32. The first-order chi connectivity index (χ1) is 7.68. The van der Waals surface area contributed by atoms with E-state index in [1.165, 1.54) is 0 Å². The van der Waals surface area contributed by atoms with Crippen LogP contribution in [0.2, 0.25) is 0 Å². The third-order valence-corrected chi connectivity index (χ3v) is 3.88. The highest BCUT2D eigenvalue weighted by atomic mass is 16.5. The molecule has 0 saturated heterocycles. The molecule has 4 heteroatoms. The zero-order chi connectivity index (χ0) is 11.6. The van der Waals surface area contributed by atoms with Crippen molar-refractivity contribution in [3.8, 4) is 0 Å². The first kappa shape index (κ1) is 12.3. The number of hydrogen-bond acceptors (Lipinski definition) is 4. The van der Waals surface area contributed by atoms with Gasteiger partial charge in [0.2, 0.25) is 0 Å². The number of ether oxygens (including phenoxy) is 2. The van der Waals surface area contributed by atoms with Gasteiger partial charge in [0.15, 0.2) is 0 Å². The van der Waals surface area contributed by atoms with Gasteiger partial charge in [0.25, 0.3) is 0 Å². The standard InChI is InChI=1S/C12H23NO3/c1-3-16-10-7-9(11(10)15-2)13-8-12(14)5-4-6-12/h9-11,13-14H,3-8H2,1-2H3. The molecule has 0 bridgehead atoms. The van der Waals surface area contributed by atoms with Gasteiger partial charge in [-0.1, -0.05) is 0 Å². The van der Waals surface area contributed by atoms with E-state index < -0.39 is 5.60 Å². The van der Waals surface area contributed by atoms with Crippen LogP contribution in [0.15, 0.2) is 0 Å². The third-order valence-electron chi connectivity index (χ3n) is 3.88. The van der Waals surface area contributed by atoms with E-state index in [1.807, 2.05) is 6.92 Å². The molecule has 0 spiro atoms. The van der Waals surface area contributed by atoms with Crippen molar-refractivity contribution in [2.24, 2.45) is 0 Å². The minimum Gasteiger partial charge on any atom is -0.389 e. The minimum atomic E-state index is -0.449. The van der Waals surface area contributed by atoms with Gasteiger partial charge in [-0.3, -0.25) is 0 Å². The summed E-state index contributed by atoms with van der Waals surface area (Å²) in [6, 6.07) is 0.339. The Balaban J connectivity index is 1.70. The maximum atomic E-state index is 9.97. The van der Waals surface area contributed by atoms with Gasteiger partial charge in [0, 0.05) is 26.3 Å². The average molecular weight is 229 g/mol. The average Bonchev–Trinajstić information content (AvgIpc) is 2.20. The molecule has 2 N–H and O–H groups in total. The van der Waals surface area contributed by atoms with Crippen LogP contribution in [0.5, 0.6) is 0 Å². The Morgan fingerprint density at radius 3 is 2.69 bits per heavy atom. The van der Waals surface area contributed by atoms with Crippen LogP contribution in [-0.4, -0.2) is 49.2 Å². The summed E-state index contributed by atoms with van der Waals surface area (Å²) in [5, 5.41) is 13.4. The van der Waals surface area contributed by atoms with Crippen LogP contribution < -0.4 is 5.32 Å². The second-order valence-corrected chi connectivity index (χ2v) is 5.00. The first-order valence-electron chi connectivity index (χ1n) is 6.29. The lowest BCUT2D eigenvalue weighted by atomic mass is 9.79. The van der Waals surface area contributed by atoms with E-state index in [-0.39, 0.29) is 12.2 Å². The largest absolute Gasteiger partial charge is 0.389 e. The van der Waals surface area contributed by atoms with Crippen LogP contribution in [-0.2, 0) is 9.47 Å². The molecule has 3 unspecified atom stereocenters. The molecule has 94 valence electrons. The molecule has 0 aromatic rings. The Morgan fingerprint density at radius 1 is 1.44 bits per heavy atom. The third kappa shape index (κ3) is 2.40.